The number of amides is 2. The molecule has 0 aliphatic rings. The number of methoxy groups -OCH3 is 1. The van der Waals surface area contributed by atoms with Gasteiger partial charge < -0.3 is 15.0 Å². The molecule has 0 atom stereocenters. The van der Waals surface area contributed by atoms with Gasteiger partial charge >= 0.3 is 0 Å². The van der Waals surface area contributed by atoms with Crippen LogP contribution in [0.1, 0.15) is 27.6 Å². The van der Waals surface area contributed by atoms with Crippen LogP contribution in [0.5, 0.6) is 5.75 Å². The molecule has 8 heteroatoms. The zero-order chi connectivity index (χ0) is 23.1. The molecule has 2 amide bonds. The molecule has 3 aromatic carbocycles. The lowest BCUT2D eigenvalue weighted by atomic mass is 10.1. The lowest BCUT2D eigenvalue weighted by Gasteiger charge is -2.21. The van der Waals surface area contributed by atoms with Crippen molar-refractivity contribution in [3.63, 3.8) is 0 Å². The number of hydrogen-bond donors (Lipinski definition) is 2. The molecular weight excluding hydrogens is 490 g/mol. The fourth-order valence-electron chi connectivity index (χ4n) is 3.13. The van der Waals surface area contributed by atoms with Crippen LogP contribution in [0.3, 0.4) is 0 Å². The first-order valence-corrected chi connectivity index (χ1v) is 11.1. The van der Waals surface area contributed by atoms with E-state index in [1.807, 2.05) is 37.3 Å². The number of anilines is 2. The Balaban J connectivity index is 1.72. The van der Waals surface area contributed by atoms with E-state index in [4.69, 9.17) is 17.0 Å². The van der Waals surface area contributed by atoms with Gasteiger partial charge in [-0.2, -0.15) is 0 Å². The second kappa shape index (κ2) is 10.9. The van der Waals surface area contributed by atoms with Crippen molar-refractivity contribution in [2.75, 3.05) is 23.9 Å². The normalized spacial score (nSPS) is 10.2. The third kappa shape index (κ3) is 5.72. The summed E-state index contributed by atoms with van der Waals surface area (Å²) in [6, 6.07) is 21.6. The first kappa shape index (κ1) is 23.4. The first-order chi connectivity index (χ1) is 15.4. The molecule has 0 spiro atoms. The largest absolute Gasteiger partial charge is 0.496 e. The van der Waals surface area contributed by atoms with Crippen molar-refractivity contribution < 1.29 is 14.3 Å². The Morgan fingerprint density at radius 1 is 1.03 bits per heavy atom. The highest BCUT2D eigenvalue weighted by atomic mass is 79.9. The Hall–Kier alpha value is -3.23. The second-order valence-electron chi connectivity index (χ2n) is 6.72. The van der Waals surface area contributed by atoms with E-state index in [9.17, 15) is 9.59 Å². The highest BCUT2D eigenvalue weighted by Gasteiger charge is 2.17. The van der Waals surface area contributed by atoms with Crippen LogP contribution in [0.25, 0.3) is 0 Å². The number of nitrogens with one attached hydrogen (secondary N) is 2. The standard InChI is InChI=1S/C24H22BrN3O3S/c1-3-28(19-10-5-4-6-11-19)23(30)16-8-7-9-18(14-16)26-24(32)27-22(29)20-15-17(25)12-13-21(20)31-2/h4-15H,3H2,1-2H3,(H2,26,27,29,32). The van der Waals surface area contributed by atoms with E-state index in [2.05, 4.69) is 26.6 Å². The quantitative estimate of drug-likeness (QED) is 0.442. The fourth-order valence-corrected chi connectivity index (χ4v) is 3.70. The van der Waals surface area contributed by atoms with E-state index >= 15 is 0 Å². The topological polar surface area (TPSA) is 70.7 Å². The maximum absolute atomic E-state index is 13.1. The van der Waals surface area contributed by atoms with Gasteiger partial charge in [-0.1, -0.05) is 40.2 Å². The number of ether oxygens (including phenoxy) is 1. The van der Waals surface area contributed by atoms with Gasteiger partial charge in [-0.05, 0) is 67.7 Å². The van der Waals surface area contributed by atoms with Crippen molar-refractivity contribution in [3.8, 4) is 5.75 Å². The summed E-state index contributed by atoms with van der Waals surface area (Å²) in [4.78, 5) is 27.4. The van der Waals surface area contributed by atoms with Crippen LogP contribution in [0.4, 0.5) is 11.4 Å². The Morgan fingerprint density at radius 3 is 2.47 bits per heavy atom. The number of nitrogens with zero attached hydrogens (tertiary/aromatic N) is 1. The van der Waals surface area contributed by atoms with Crippen molar-refractivity contribution in [2.45, 2.75) is 6.92 Å². The minimum atomic E-state index is -0.408. The number of para-hydroxylation sites is 1. The molecule has 0 unspecified atom stereocenters. The number of carbonyl (C=O) groups excluding carboxylic acids is 2. The molecule has 0 heterocycles. The Morgan fingerprint density at radius 2 is 1.78 bits per heavy atom. The summed E-state index contributed by atoms with van der Waals surface area (Å²) in [6.45, 7) is 2.46. The smallest absolute Gasteiger partial charge is 0.261 e. The van der Waals surface area contributed by atoms with E-state index in [1.54, 1.807) is 47.4 Å². The number of carbonyl (C=O) groups is 2. The monoisotopic (exact) mass is 511 g/mol. The number of rotatable bonds is 6. The molecule has 0 bridgehead atoms. The maximum atomic E-state index is 13.1. The van der Waals surface area contributed by atoms with Crippen LogP contribution in [-0.4, -0.2) is 30.6 Å². The lowest BCUT2D eigenvalue weighted by Crippen LogP contribution is -2.34. The zero-order valence-electron chi connectivity index (χ0n) is 17.6. The molecule has 2 N–H and O–H groups in total. The molecular formula is C24H22BrN3O3S. The van der Waals surface area contributed by atoms with Gasteiger partial charge in [-0.25, -0.2) is 0 Å². The summed E-state index contributed by atoms with van der Waals surface area (Å²) in [5, 5.41) is 5.71. The van der Waals surface area contributed by atoms with Crippen LogP contribution in [0.15, 0.2) is 77.3 Å². The predicted molar refractivity (Wildman–Crippen MR) is 135 cm³/mol. The van der Waals surface area contributed by atoms with E-state index in [0.717, 1.165) is 10.2 Å². The Kier molecular flexibility index (Phi) is 7.97. The van der Waals surface area contributed by atoms with E-state index in [0.29, 0.717) is 29.1 Å². The predicted octanol–water partition coefficient (Wildman–Crippen LogP) is 5.25. The van der Waals surface area contributed by atoms with Crippen LogP contribution in [0, 0.1) is 0 Å². The first-order valence-electron chi connectivity index (χ1n) is 9.85. The maximum Gasteiger partial charge on any atom is 0.261 e. The van der Waals surface area contributed by atoms with Crippen molar-refractivity contribution >= 4 is 56.4 Å². The van der Waals surface area contributed by atoms with Gasteiger partial charge in [-0.15, -0.1) is 0 Å². The van der Waals surface area contributed by atoms with Gasteiger partial charge in [0.05, 0.1) is 12.7 Å². The molecule has 0 radical (unpaired) electrons. The summed E-state index contributed by atoms with van der Waals surface area (Å²) in [5.41, 5.74) is 2.26. The van der Waals surface area contributed by atoms with Gasteiger partial charge in [0.15, 0.2) is 5.11 Å². The molecule has 0 fully saturated rings. The van der Waals surface area contributed by atoms with Gasteiger partial charge in [0.25, 0.3) is 11.8 Å². The zero-order valence-corrected chi connectivity index (χ0v) is 20.0. The molecule has 0 saturated carbocycles. The van der Waals surface area contributed by atoms with Crippen LogP contribution in [-0.2, 0) is 0 Å². The van der Waals surface area contributed by atoms with Gasteiger partial charge in [-0.3, -0.25) is 14.9 Å². The molecule has 6 nitrogen and oxygen atoms in total. The molecule has 0 aliphatic heterocycles. The Bertz CT molecular complexity index is 1140. The third-order valence-corrected chi connectivity index (χ3v) is 5.33. The second-order valence-corrected chi connectivity index (χ2v) is 8.04. The van der Waals surface area contributed by atoms with Crippen molar-refractivity contribution in [1.29, 1.82) is 0 Å². The average Bonchev–Trinajstić information content (AvgIpc) is 2.80. The SMILES string of the molecule is CCN(C(=O)c1cccc(NC(=S)NC(=O)c2cc(Br)ccc2OC)c1)c1ccccc1. The van der Waals surface area contributed by atoms with Crippen LogP contribution < -0.4 is 20.3 Å². The summed E-state index contributed by atoms with van der Waals surface area (Å²) >= 11 is 8.64. The molecule has 32 heavy (non-hydrogen) atoms. The summed E-state index contributed by atoms with van der Waals surface area (Å²) in [5.74, 6) is -0.105. The highest BCUT2D eigenvalue weighted by Crippen LogP contribution is 2.23. The highest BCUT2D eigenvalue weighted by molar-refractivity contribution is 9.10. The molecule has 3 rings (SSSR count). The van der Waals surface area contributed by atoms with Crippen molar-refractivity contribution in [1.82, 2.24) is 5.32 Å². The number of halogens is 1. The van der Waals surface area contributed by atoms with Crippen LogP contribution >= 0.6 is 28.1 Å². The van der Waals surface area contributed by atoms with E-state index in [1.165, 1.54) is 7.11 Å². The third-order valence-electron chi connectivity index (χ3n) is 4.63. The van der Waals surface area contributed by atoms with E-state index < -0.39 is 5.91 Å². The number of hydrogen-bond acceptors (Lipinski definition) is 4. The molecule has 164 valence electrons. The minimum Gasteiger partial charge on any atom is -0.496 e. The molecule has 0 aliphatic carbocycles. The number of thiocarbonyl (C=S) groups is 1. The molecule has 3 aromatic rings. The molecule has 0 saturated heterocycles. The Labute approximate surface area is 200 Å². The average molecular weight is 512 g/mol. The van der Waals surface area contributed by atoms with E-state index in [-0.39, 0.29) is 11.0 Å². The lowest BCUT2D eigenvalue weighted by molar-refractivity contribution is 0.0970. The van der Waals surface area contributed by atoms with Gasteiger partial charge in [0.1, 0.15) is 5.75 Å². The minimum absolute atomic E-state index is 0.108. The summed E-state index contributed by atoms with van der Waals surface area (Å²) in [7, 11) is 1.49. The van der Waals surface area contributed by atoms with Gasteiger partial charge in [0.2, 0.25) is 0 Å². The molecule has 0 aromatic heterocycles. The number of benzene rings is 3. The fraction of sp³-hybridized carbons (Fsp3) is 0.125. The van der Waals surface area contributed by atoms with Crippen LogP contribution in [0.2, 0.25) is 0 Å². The van der Waals surface area contributed by atoms with Crippen molar-refractivity contribution in [2.24, 2.45) is 0 Å². The summed E-state index contributed by atoms with van der Waals surface area (Å²) < 4.78 is 5.99. The van der Waals surface area contributed by atoms with Gasteiger partial charge in [0, 0.05) is 28.0 Å². The van der Waals surface area contributed by atoms with Crippen molar-refractivity contribution in [3.05, 3.63) is 88.4 Å². The summed E-state index contributed by atoms with van der Waals surface area (Å²) in [6.07, 6.45) is 0.